The molecule has 2 aliphatic rings. The van der Waals surface area contributed by atoms with E-state index in [4.69, 9.17) is 0 Å². The van der Waals surface area contributed by atoms with E-state index in [2.05, 4.69) is 50.6 Å². The quantitative estimate of drug-likeness (QED) is 0.623. The molecule has 7 heteroatoms. The van der Waals surface area contributed by atoms with Crippen molar-refractivity contribution < 1.29 is 4.79 Å². The summed E-state index contributed by atoms with van der Waals surface area (Å²) in [7, 11) is 0. The smallest absolute Gasteiger partial charge is 0.233 e. The maximum atomic E-state index is 12.9. The summed E-state index contributed by atoms with van der Waals surface area (Å²) in [5.41, 5.74) is 2.18. The number of nitrogens with zero attached hydrogens (tertiary/aromatic N) is 4. The van der Waals surface area contributed by atoms with Crippen LogP contribution in [0.25, 0.3) is 22.3 Å². The van der Waals surface area contributed by atoms with E-state index in [9.17, 15) is 4.79 Å². The van der Waals surface area contributed by atoms with Crippen molar-refractivity contribution in [3.8, 4) is 11.4 Å². The van der Waals surface area contributed by atoms with E-state index in [1.54, 1.807) is 0 Å². The molecule has 1 saturated carbocycles. The molecule has 1 aromatic carbocycles. The fraction of sp³-hybridized carbons (Fsp3) is 0.500. The Balaban J connectivity index is 1.40. The first-order chi connectivity index (χ1) is 14.1. The molecule has 29 heavy (non-hydrogen) atoms. The molecule has 1 aliphatic heterocycles. The monoisotopic (exact) mass is 409 g/mol. The van der Waals surface area contributed by atoms with E-state index < -0.39 is 0 Å². The molecule has 0 spiro atoms. The Labute approximate surface area is 175 Å². The van der Waals surface area contributed by atoms with Crippen LogP contribution < -0.4 is 0 Å². The highest BCUT2D eigenvalue weighted by Crippen LogP contribution is 2.42. The molecule has 6 nitrogen and oxygen atoms in total. The third kappa shape index (κ3) is 3.45. The van der Waals surface area contributed by atoms with E-state index >= 15 is 0 Å². The van der Waals surface area contributed by atoms with E-state index in [0.29, 0.717) is 23.9 Å². The topological polar surface area (TPSA) is 66.8 Å². The van der Waals surface area contributed by atoms with Crippen molar-refractivity contribution in [1.82, 2.24) is 24.6 Å². The van der Waals surface area contributed by atoms with Gasteiger partial charge in [-0.25, -0.2) is 0 Å². The van der Waals surface area contributed by atoms with Gasteiger partial charge in [0.1, 0.15) is 0 Å². The Kier molecular flexibility index (Phi) is 4.86. The summed E-state index contributed by atoms with van der Waals surface area (Å²) < 4.78 is 2.25. The standard InChI is InChI=1S/C22H27N5OS/c1-14-6-5-7-15(2)26(14)20(28)13-29-22-25-24-21(27(22)16-10-11-16)18-12-23-19-9-4-3-8-17(18)19/h3-4,8-9,12,14-16,23H,5-7,10-11,13H2,1-2H3/t14-,15+. The Morgan fingerprint density at radius 1 is 1.14 bits per heavy atom. The lowest BCUT2D eigenvalue weighted by atomic mass is 9.98. The molecule has 0 bridgehead atoms. The Morgan fingerprint density at radius 3 is 2.66 bits per heavy atom. The van der Waals surface area contributed by atoms with Crippen molar-refractivity contribution in [2.24, 2.45) is 0 Å². The Hall–Kier alpha value is -2.28. The molecule has 1 N–H and O–H groups in total. The van der Waals surface area contributed by atoms with Crippen LogP contribution in [0.4, 0.5) is 0 Å². The van der Waals surface area contributed by atoms with E-state index in [1.165, 1.54) is 18.2 Å². The van der Waals surface area contributed by atoms with Crippen molar-refractivity contribution in [2.75, 3.05) is 5.75 Å². The minimum absolute atomic E-state index is 0.216. The van der Waals surface area contributed by atoms with Gasteiger partial charge >= 0.3 is 0 Å². The predicted octanol–water partition coefficient (Wildman–Crippen LogP) is 4.64. The van der Waals surface area contributed by atoms with Crippen molar-refractivity contribution in [3.63, 3.8) is 0 Å². The van der Waals surface area contributed by atoms with Crippen molar-refractivity contribution in [3.05, 3.63) is 30.5 Å². The number of hydrogen-bond acceptors (Lipinski definition) is 4. The Bertz CT molecular complexity index is 1030. The summed E-state index contributed by atoms with van der Waals surface area (Å²) in [5.74, 6) is 1.54. The summed E-state index contributed by atoms with van der Waals surface area (Å²) in [6, 6.07) is 9.37. The highest BCUT2D eigenvalue weighted by molar-refractivity contribution is 7.99. The van der Waals surface area contributed by atoms with Crippen molar-refractivity contribution >= 4 is 28.6 Å². The number of likely N-dealkylation sites (tertiary alicyclic amines) is 1. The lowest BCUT2D eigenvalue weighted by Crippen LogP contribution is -2.48. The number of amides is 1. The minimum Gasteiger partial charge on any atom is -0.360 e. The SMILES string of the molecule is C[C@@H]1CCC[C@H](C)N1C(=O)CSc1nnc(-c2c[nH]c3ccccc23)n1C1CC1. The molecule has 1 aliphatic carbocycles. The number of aromatic amines is 1. The van der Waals surface area contributed by atoms with Gasteiger partial charge in [0.05, 0.1) is 5.75 Å². The molecule has 1 amide bonds. The highest BCUT2D eigenvalue weighted by Gasteiger charge is 2.32. The molecule has 0 unspecified atom stereocenters. The lowest BCUT2D eigenvalue weighted by molar-refractivity contribution is -0.134. The molecule has 1 saturated heterocycles. The van der Waals surface area contributed by atoms with Crippen LogP contribution in [0, 0.1) is 0 Å². The summed E-state index contributed by atoms with van der Waals surface area (Å²) in [5, 5.41) is 11.0. The second kappa shape index (κ2) is 7.52. The number of piperidine rings is 1. The zero-order valence-corrected chi connectivity index (χ0v) is 17.8. The average Bonchev–Trinajstić information content (AvgIpc) is 3.32. The number of thioether (sulfide) groups is 1. The summed E-state index contributed by atoms with van der Waals surface area (Å²) in [6.07, 6.45) is 7.73. The van der Waals surface area contributed by atoms with Crippen LogP contribution in [0.3, 0.4) is 0 Å². The molecule has 0 radical (unpaired) electrons. The van der Waals surface area contributed by atoms with Crippen LogP contribution in [0.5, 0.6) is 0 Å². The van der Waals surface area contributed by atoms with Crippen LogP contribution in [0.1, 0.15) is 52.0 Å². The molecule has 2 atom stereocenters. The van der Waals surface area contributed by atoms with Gasteiger partial charge in [-0.3, -0.25) is 9.36 Å². The number of benzene rings is 1. The van der Waals surface area contributed by atoms with Crippen LogP contribution in [0.15, 0.2) is 35.6 Å². The molecular weight excluding hydrogens is 382 g/mol. The van der Waals surface area contributed by atoms with Gasteiger partial charge in [-0.1, -0.05) is 30.0 Å². The molecule has 2 fully saturated rings. The fourth-order valence-electron chi connectivity index (χ4n) is 4.59. The van der Waals surface area contributed by atoms with Gasteiger partial charge in [0.25, 0.3) is 0 Å². The average molecular weight is 410 g/mol. The van der Waals surface area contributed by atoms with Crippen LogP contribution in [-0.2, 0) is 4.79 Å². The summed E-state index contributed by atoms with van der Waals surface area (Å²) >= 11 is 1.53. The third-order valence-electron chi connectivity index (χ3n) is 6.21. The second-order valence-corrected chi connectivity index (χ2v) is 9.32. The number of rotatable bonds is 5. The first-order valence-corrected chi connectivity index (χ1v) is 11.6. The number of aromatic nitrogens is 4. The Morgan fingerprint density at radius 2 is 1.90 bits per heavy atom. The van der Waals surface area contributed by atoms with Gasteiger partial charge in [0.2, 0.25) is 5.91 Å². The van der Waals surface area contributed by atoms with Crippen LogP contribution >= 0.6 is 11.8 Å². The molecule has 2 aromatic heterocycles. The van der Waals surface area contributed by atoms with Gasteiger partial charge in [-0.05, 0) is 52.0 Å². The number of nitrogens with one attached hydrogen (secondary N) is 1. The molecule has 152 valence electrons. The predicted molar refractivity (Wildman–Crippen MR) is 116 cm³/mol. The zero-order valence-electron chi connectivity index (χ0n) is 17.0. The number of carbonyl (C=O) groups excluding carboxylic acids is 1. The first kappa shape index (κ1) is 18.7. The largest absolute Gasteiger partial charge is 0.360 e. The number of para-hydroxylation sites is 1. The fourth-order valence-corrected chi connectivity index (χ4v) is 5.47. The van der Waals surface area contributed by atoms with Gasteiger partial charge in [0, 0.05) is 40.8 Å². The second-order valence-electron chi connectivity index (χ2n) is 8.37. The minimum atomic E-state index is 0.216. The first-order valence-electron chi connectivity index (χ1n) is 10.6. The van der Waals surface area contributed by atoms with Gasteiger partial charge in [-0.2, -0.15) is 0 Å². The summed E-state index contributed by atoms with van der Waals surface area (Å²) in [4.78, 5) is 18.4. The van der Waals surface area contributed by atoms with Gasteiger partial charge in [-0.15, -0.1) is 10.2 Å². The van der Waals surface area contributed by atoms with Crippen LogP contribution in [-0.4, -0.2) is 48.4 Å². The number of fused-ring (bicyclic) bond motifs is 1. The zero-order chi connectivity index (χ0) is 20.0. The normalized spacial score (nSPS) is 22.3. The van der Waals surface area contributed by atoms with E-state index in [1.807, 2.05) is 18.3 Å². The van der Waals surface area contributed by atoms with Crippen molar-refractivity contribution in [2.45, 2.75) is 69.2 Å². The van der Waals surface area contributed by atoms with E-state index in [0.717, 1.165) is 53.1 Å². The highest BCUT2D eigenvalue weighted by atomic mass is 32.2. The van der Waals surface area contributed by atoms with Crippen molar-refractivity contribution in [1.29, 1.82) is 0 Å². The lowest BCUT2D eigenvalue weighted by Gasteiger charge is -2.39. The maximum absolute atomic E-state index is 12.9. The molecular formula is C22H27N5OS. The molecule has 5 rings (SSSR count). The number of hydrogen-bond donors (Lipinski definition) is 1. The van der Waals surface area contributed by atoms with Crippen LogP contribution in [0.2, 0.25) is 0 Å². The summed E-state index contributed by atoms with van der Waals surface area (Å²) in [6.45, 7) is 4.33. The van der Waals surface area contributed by atoms with Gasteiger partial charge in [0.15, 0.2) is 11.0 Å². The van der Waals surface area contributed by atoms with E-state index in [-0.39, 0.29) is 5.91 Å². The van der Waals surface area contributed by atoms with Gasteiger partial charge < -0.3 is 9.88 Å². The molecule has 3 heterocycles. The number of H-pyrrole nitrogens is 1. The third-order valence-corrected chi connectivity index (χ3v) is 7.14. The molecule has 3 aromatic rings. The number of carbonyl (C=O) groups is 1. The maximum Gasteiger partial charge on any atom is 0.233 e.